The Labute approximate surface area is 177 Å². The molecule has 1 aliphatic rings. The van der Waals surface area contributed by atoms with Gasteiger partial charge in [0.15, 0.2) is 5.96 Å². The van der Waals surface area contributed by atoms with E-state index in [9.17, 15) is 5.11 Å². The van der Waals surface area contributed by atoms with E-state index in [1.165, 1.54) is 6.42 Å². The summed E-state index contributed by atoms with van der Waals surface area (Å²) < 4.78 is 5.50. The van der Waals surface area contributed by atoms with Gasteiger partial charge in [0.05, 0.1) is 19.3 Å². The Hall–Kier alpha value is -0.120. The summed E-state index contributed by atoms with van der Waals surface area (Å²) in [6.45, 7) is 18.5. The molecule has 0 bridgehead atoms. The number of ether oxygens (including phenoxy) is 1. The molecule has 1 heterocycles. The molecule has 0 aromatic carbocycles. The Morgan fingerprint density at radius 3 is 2.54 bits per heavy atom. The molecule has 0 spiro atoms. The summed E-state index contributed by atoms with van der Waals surface area (Å²) in [6.07, 6.45) is 0.669. The van der Waals surface area contributed by atoms with Crippen molar-refractivity contribution < 1.29 is 9.84 Å². The summed E-state index contributed by atoms with van der Waals surface area (Å²) in [6, 6.07) is 0. The van der Waals surface area contributed by atoms with E-state index in [1.54, 1.807) is 0 Å². The van der Waals surface area contributed by atoms with Gasteiger partial charge >= 0.3 is 0 Å². The van der Waals surface area contributed by atoms with Crippen LogP contribution in [0.3, 0.4) is 0 Å². The number of rotatable bonds is 11. The molecule has 1 fully saturated rings. The van der Waals surface area contributed by atoms with Crippen molar-refractivity contribution in [3.8, 4) is 0 Å². The number of aliphatic imine (C=N–C) groups is 1. The highest BCUT2D eigenvalue weighted by Gasteiger charge is 2.26. The van der Waals surface area contributed by atoms with Gasteiger partial charge in [-0.15, -0.1) is 24.0 Å². The van der Waals surface area contributed by atoms with Crippen LogP contribution in [-0.4, -0.2) is 86.0 Å². The van der Waals surface area contributed by atoms with Crippen LogP contribution in [0.5, 0.6) is 0 Å². The molecule has 1 saturated heterocycles. The van der Waals surface area contributed by atoms with Gasteiger partial charge in [-0.3, -0.25) is 4.99 Å². The Morgan fingerprint density at radius 1 is 1.27 bits per heavy atom. The third-order valence-electron chi connectivity index (χ3n) is 4.54. The molecule has 2 unspecified atom stereocenters. The van der Waals surface area contributed by atoms with Crippen molar-refractivity contribution in [3.63, 3.8) is 0 Å². The Bertz CT molecular complexity index is 379. The molecule has 0 aromatic rings. The standard InChI is InChI=1S/C19H40N4O2.HI/c1-6-20-19(21-11-18(24)15-25-14-16(4)5)23-10-9-17(13-23)12-22(7-2)8-3;/h16-18,24H,6-15H2,1-5H3,(H,20,21);1H. The normalized spacial score (nSPS) is 19.2. The third-order valence-corrected chi connectivity index (χ3v) is 4.54. The quantitative estimate of drug-likeness (QED) is 0.268. The van der Waals surface area contributed by atoms with Crippen molar-refractivity contribution in [1.29, 1.82) is 0 Å². The van der Waals surface area contributed by atoms with E-state index in [4.69, 9.17) is 4.74 Å². The third kappa shape index (κ3) is 10.3. The highest BCUT2D eigenvalue weighted by molar-refractivity contribution is 14.0. The zero-order chi connectivity index (χ0) is 18.7. The molecule has 1 aliphatic heterocycles. The molecule has 6 nitrogen and oxygen atoms in total. The molecule has 0 aliphatic carbocycles. The fourth-order valence-corrected chi connectivity index (χ4v) is 3.13. The van der Waals surface area contributed by atoms with E-state index in [2.05, 4.69) is 54.7 Å². The molecular weight excluding hydrogens is 443 g/mol. The van der Waals surface area contributed by atoms with Crippen molar-refractivity contribution in [2.24, 2.45) is 16.8 Å². The van der Waals surface area contributed by atoms with Crippen LogP contribution in [0.2, 0.25) is 0 Å². The second kappa shape index (κ2) is 14.9. The molecule has 0 aromatic heterocycles. The van der Waals surface area contributed by atoms with Gasteiger partial charge in [0, 0.05) is 32.8 Å². The number of nitrogens with one attached hydrogen (secondary N) is 1. The van der Waals surface area contributed by atoms with Gasteiger partial charge in [-0.25, -0.2) is 0 Å². The highest BCUT2D eigenvalue weighted by atomic mass is 127. The maximum absolute atomic E-state index is 10.1. The lowest BCUT2D eigenvalue weighted by atomic mass is 10.1. The summed E-state index contributed by atoms with van der Waals surface area (Å²) in [5.74, 6) is 2.11. The van der Waals surface area contributed by atoms with Crippen molar-refractivity contribution in [1.82, 2.24) is 15.1 Å². The first-order valence-corrected chi connectivity index (χ1v) is 10.0. The van der Waals surface area contributed by atoms with Crippen LogP contribution in [0.4, 0.5) is 0 Å². The maximum Gasteiger partial charge on any atom is 0.194 e. The summed E-state index contributed by atoms with van der Waals surface area (Å²) in [5.41, 5.74) is 0. The van der Waals surface area contributed by atoms with E-state index in [1.807, 2.05) is 0 Å². The van der Waals surface area contributed by atoms with E-state index in [0.717, 1.165) is 45.2 Å². The first kappa shape index (κ1) is 25.9. The number of hydrogen-bond acceptors (Lipinski definition) is 4. The summed E-state index contributed by atoms with van der Waals surface area (Å²) in [7, 11) is 0. The molecule has 0 radical (unpaired) electrons. The van der Waals surface area contributed by atoms with E-state index >= 15 is 0 Å². The number of aliphatic hydroxyl groups excluding tert-OH is 1. The summed E-state index contributed by atoms with van der Waals surface area (Å²) in [5, 5.41) is 13.4. The molecule has 2 atom stereocenters. The number of likely N-dealkylation sites (tertiary alicyclic amines) is 1. The van der Waals surface area contributed by atoms with Crippen LogP contribution in [0.25, 0.3) is 0 Å². The Kier molecular flexibility index (Phi) is 14.8. The minimum absolute atomic E-state index is 0. The molecule has 2 N–H and O–H groups in total. The number of nitrogens with zero attached hydrogens (tertiary/aromatic N) is 3. The smallest absolute Gasteiger partial charge is 0.194 e. The van der Waals surface area contributed by atoms with Gasteiger partial charge in [-0.1, -0.05) is 27.7 Å². The van der Waals surface area contributed by atoms with Gasteiger partial charge in [0.25, 0.3) is 0 Å². The number of halogens is 1. The van der Waals surface area contributed by atoms with Gasteiger partial charge in [-0.05, 0) is 38.3 Å². The topological polar surface area (TPSA) is 60.3 Å². The molecule has 26 heavy (non-hydrogen) atoms. The fourth-order valence-electron chi connectivity index (χ4n) is 3.13. The average molecular weight is 484 g/mol. The Morgan fingerprint density at radius 2 is 1.96 bits per heavy atom. The van der Waals surface area contributed by atoms with Crippen LogP contribution in [0.15, 0.2) is 4.99 Å². The summed E-state index contributed by atoms with van der Waals surface area (Å²) in [4.78, 5) is 9.46. The predicted octanol–water partition coefficient (Wildman–Crippen LogP) is 2.27. The lowest BCUT2D eigenvalue weighted by Crippen LogP contribution is -2.41. The fraction of sp³-hybridized carbons (Fsp3) is 0.947. The first-order valence-electron chi connectivity index (χ1n) is 10.0. The predicted molar refractivity (Wildman–Crippen MR) is 121 cm³/mol. The zero-order valence-corrected chi connectivity index (χ0v) is 19.7. The minimum atomic E-state index is -0.540. The molecule has 156 valence electrons. The lowest BCUT2D eigenvalue weighted by Gasteiger charge is -2.24. The highest BCUT2D eigenvalue weighted by Crippen LogP contribution is 2.17. The SMILES string of the molecule is CCNC(=NCC(O)COCC(C)C)N1CCC(CN(CC)CC)C1.I. The Balaban J connectivity index is 0.00000625. The molecule has 0 amide bonds. The first-order chi connectivity index (χ1) is 12.0. The van der Waals surface area contributed by atoms with E-state index in [-0.39, 0.29) is 24.0 Å². The van der Waals surface area contributed by atoms with Crippen molar-refractivity contribution >= 4 is 29.9 Å². The van der Waals surface area contributed by atoms with E-state index in [0.29, 0.717) is 31.6 Å². The van der Waals surface area contributed by atoms with Crippen LogP contribution < -0.4 is 5.32 Å². The summed E-state index contributed by atoms with van der Waals surface area (Å²) >= 11 is 0. The van der Waals surface area contributed by atoms with Gasteiger partial charge < -0.3 is 25.0 Å². The monoisotopic (exact) mass is 484 g/mol. The van der Waals surface area contributed by atoms with Gasteiger partial charge in [0.2, 0.25) is 0 Å². The van der Waals surface area contributed by atoms with Gasteiger partial charge in [-0.2, -0.15) is 0 Å². The average Bonchev–Trinajstić information content (AvgIpc) is 3.04. The van der Waals surface area contributed by atoms with Crippen molar-refractivity contribution in [3.05, 3.63) is 0 Å². The number of hydrogen-bond donors (Lipinski definition) is 2. The van der Waals surface area contributed by atoms with Crippen molar-refractivity contribution in [2.75, 3.05) is 59.0 Å². The molecular formula is C19H41IN4O2. The second-order valence-electron chi connectivity index (χ2n) is 7.37. The maximum atomic E-state index is 10.1. The molecule has 7 heteroatoms. The zero-order valence-electron chi connectivity index (χ0n) is 17.4. The van der Waals surface area contributed by atoms with Crippen LogP contribution in [-0.2, 0) is 4.74 Å². The largest absolute Gasteiger partial charge is 0.389 e. The molecule has 1 rings (SSSR count). The second-order valence-corrected chi connectivity index (χ2v) is 7.37. The lowest BCUT2D eigenvalue weighted by molar-refractivity contribution is 0.0300. The molecule has 0 saturated carbocycles. The van der Waals surface area contributed by atoms with Crippen molar-refractivity contribution in [2.45, 2.75) is 47.1 Å². The minimum Gasteiger partial charge on any atom is -0.389 e. The number of guanidine groups is 1. The van der Waals surface area contributed by atoms with Crippen LogP contribution in [0.1, 0.15) is 41.0 Å². The van der Waals surface area contributed by atoms with Crippen LogP contribution in [0, 0.1) is 11.8 Å². The number of aliphatic hydroxyl groups is 1. The van der Waals surface area contributed by atoms with E-state index < -0.39 is 6.10 Å². The van der Waals surface area contributed by atoms with Gasteiger partial charge in [0.1, 0.15) is 0 Å². The van der Waals surface area contributed by atoms with Crippen LogP contribution >= 0.6 is 24.0 Å².